The van der Waals surface area contributed by atoms with Crippen molar-refractivity contribution < 1.29 is 14.3 Å². The second-order valence-electron chi connectivity index (χ2n) is 8.16. The van der Waals surface area contributed by atoms with Crippen molar-refractivity contribution >= 4 is 17.6 Å². The van der Waals surface area contributed by atoms with E-state index in [0.29, 0.717) is 25.5 Å². The minimum atomic E-state index is 0.0251. The maximum atomic E-state index is 13.3. The smallest absolute Gasteiger partial charge is 0.324 e. The fourth-order valence-electron chi connectivity index (χ4n) is 4.55. The molecule has 0 bridgehead atoms. The largest absolute Gasteiger partial charge is 0.486 e. The summed E-state index contributed by atoms with van der Waals surface area (Å²) in [4.78, 5) is 31.8. The van der Waals surface area contributed by atoms with Gasteiger partial charge in [0.2, 0.25) is 5.91 Å². The number of ether oxygens (including phenoxy) is 1. The molecular weight excluding hydrogens is 354 g/mol. The summed E-state index contributed by atoms with van der Waals surface area (Å²) in [5.41, 5.74) is 0.851. The van der Waals surface area contributed by atoms with E-state index in [4.69, 9.17) is 4.74 Å². The Balaban J connectivity index is 1.39. The predicted octanol–water partition coefficient (Wildman–Crippen LogP) is 3.51. The van der Waals surface area contributed by atoms with Gasteiger partial charge >= 0.3 is 6.03 Å². The molecule has 2 fully saturated rings. The minimum absolute atomic E-state index is 0.0251. The van der Waals surface area contributed by atoms with Crippen LogP contribution in [-0.4, -0.2) is 60.6 Å². The summed E-state index contributed by atoms with van der Waals surface area (Å²) in [5.74, 6) is 1.15. The minimum Gasteiger partial charge on any atom is -0.486 e. The van der Waals surface area contributed by atoms with Gasteiger partial charge < -0.3 is 14.5 Å². The standard InChI is InChI=1S/C22H31N3O3/c1-2-18-16-25(19-8-4-5-9-20(19)28-18)22(27)24-14-10-17(11-15-24)21(26)23-12-6-3-7-13-23/h4-5,8-9,17-18H,2-3,6-7,10-16H2,1H3/t18-/m0/s1. The highest BCUT2D eigenvalue weighted by Gasteiger charge is 2.35. The van der Waals surface area contributed by atoms with Crippen LogP contribution in [0.15, 0.2) is 24.3 Å². The molecule has 3 aliphatic heterocycles. The number of carbonyl (C=O) groups excluding carboxylic acids is 2. The molecule has 0 aromatic heterocycles. The van der Waals surface area contributed by atoms with Crippen molar-refractivity contribution in [3.63, 3.8) is 0 Å². The quantitative estimate of drug-likeness (QED) is 0.783. The fourth-order valence-corrected chi connectivity index (χ4v) is 4.55. The lowest BCUT2D eigenvalue weighted by atomic mass is 9.94. The van der Waals surface area contributed by atoms with Gasteiger partial charge in [0.05, 0.1) is 12.2 Å². The maximum absolute atomic E-state index is 13.3. The lowest BCUT2D eigenvalue weighted by molar-refractivity contribution is -0.137. The SMILES string of the molecule is CC[C@H]1CN(C(=O)N2CCC(C(=O)N3CCCCC3)CC2)c2ccccc2O1. The monoisotopic (exact) mass is 385 g/mol. The lowest BCUT2D eigenvalue weighted by Gasteiger charge is -2.40. The van der Waals surface area contributed by atoms with Crippen molar-refractivity contribution in [3.8, 4) is 5.75 Å². The Bertz CT molecular complexity index is 709. The Morgan fingerprint density at radius 2 is 1.71 bits per heavy atom. The van der Waals surface area contributed by atoms with Crippen molar-refractivity contribution in [1.82, 2.24) is 9.80 Å². The summed E-state index contributed by atoms with van der Waals surface area (Å²) >= 11 is 0. The number of fused-ring (bicyclic) bond motifs is 1. The van der Waals surface area contributed by atoms with Crippen LogP contribution < -0.4 is 9.64 Å². The number of piperidine rings is 2. The first-order chi connectivity index (χ1) is 13.7. The number of hydrogen-bond donors (Lipinski definition) is 0. The molecule has 2 saturated heterocycles. The van der Waals surface area contributed by atoms with Crippen LogP contribution in [0.4, 0.5) is 10.5 Å². The Kier molecular flexibility index (Phi) is 5.74. The van der Waals surface area contributed by atoms with Gasteiger partial charge in [-0.05, 0) is 50.7 Å². The number of amides is 3. The third kappa shape index (κ3) is 3.82. The molecule has 3 aliphatic rings. The van der Waals surface area contributed by atoms with Crippen molar-refractivity contribution in [3.05, 3.63) is 24.3 Å². The number of likely N-dealkylation sites (tertiary alicyclic amines) is 2. The van der Waals surface area contributed by atoms with Crippen LogP contribution in [0.1, 0.15) is 45.4 Å². The van der Waals surface area contributed by atoms with Crippen molar-refractivity contribution in [2.75, 3.05) is 37.6 Å². The molecule has 0 N–H and O–H groups in total. The zero-order chi connectivity index (χ0) is 19.5. The first kappa shape index (κ1) is 19.1. The van der Waals surface area contributed by atoms with Gasteiger partial charge in [-0.3, -0.25) is 9.69 Å². The summed E-state index contributed by atoms with van der Waals surface area (Å²) in [6.45, 7) is 5.78. The Morgan fingerprint density at radius 1 is 1.00 bits per heavy atom. The third-order valence-electron chi connectivity index (χ3n) is 6.30. The molecule has 0 aliphatic carbocycles. The van der Waals surface area contributed by atoms with Gasteiger partial charge in [-0.15, -0.1) is 0 Å². The van der Waals surface area contributed by atoms with E-state index in [-0.39, 0.29) is 18.1 Å². The topological polar surface area (TPSA) is 53.1 Å². The molecule has 28 heavy (non-hydrogen) atoms. The number of benzene rings is 1. The molecule has 1 atom stereocenters. The lowest BCUT2D eigenvalue weighted by Crippen LogP contribution is -2.52. The second-order valence-corrected chi connectivity index (χ2v) is 8.16. The fraction of sp³-hybridized carbons (Fsp3) is 0.636. The number of hydrogen-bond acceptors (Lipinski definition) is 3. The Labute approximate surface area is 167 Å². The summed E-state index contributed by atoms with van der Waals surface area (Å²) in [7, 11) is 0. The van der Waals surface area contributed by atoms with Crippen LogP contribution in [0, 0.1) is 5.92 Å². The zero-order valence-electron chi connectivity index (χ0n) is 16.8. The average Bonchev–Trinajstić information content (AvgIpc) is 2.78. The van der Waals surface area contributed by atoms with Crippen LogP contribution in [-0.2, 0) is 4.79 Å². The molecule has 3 amide bonds. The zero-order valence-corrected chi connectivity index (χ0v) is 16.8. The molecule has 3 heterocycles. The van der Waals surface area contributed by atoms with E-state index < -0.39 is 0 Å². The van der Waals surface area contributed by atoms with Gasteiger partial charge in [0.25, 0.3) is 0 Å². The van der Waals surface area contributed by atoms with Crippen molar-refractivity contribution in [2.45, 2.75) is 51.6 Å². The van der Waals surface area contributed by atoms with Gasteiger partial charge in [-0.2, -0.15) is 0 Å². The molecule has 1 aromatic rings. The van der Waals surface area contributed by atoms with E-state index in [2.05, 4.69) is 6.92 Å². The normalized spacial score (nSPS) is 23.2. The van der Waals surface area contributed by atoms with Gasteiger partial charge in [-0.1, -0.05) is 19.1 Å². The average molecular weight is 386 g/mol. The first-order valence-corrected chi connectivity index (χ1v) is 10.8. The highest BCUT2D eigenvalue weighted by Crippen LogP contribution is 2.35. The number of para-hydroxylation sites is 2. The molecule has 0 radical (unpaired) electrons. The number of anilines is 1. The number of rotatable bonds is 2. The first-order valence-electron chi connectivity index (χ1n) is 10.8. The van der Waals surface area contributed by atoms with Crippen LogP contribution in [0.2, 0.25) is 0 Å². The van der Waals surface area contributed by atoms with E-state index in [1.807, 2.05) is 39.0 Å². The van der Waals surface area contributed by atoms with E-state index in [9.17, 15) is 9.59 Å². The maximum Gasteiger partial charge on any atom is 0.324 e. The van der Waals surface area contributed by atoms with Crippen LogP contribution in [0.5, 0.6) is 5.75 Å². The molecule has 4 rings (SSSR count). The highest BCUT2D eigenvalue weighted by atomic mass is 16.5. The predicted molar refractivity (Wildman–Crippen MR) is 109 cm³/mol. The van der Waals surface area contributed by atoms with Crippen molar-refractivity contribution in [1.29, 1.82) is 0 Å². The number of urea groups is 1. The second kappa shape index (κ2) is 8.41. The van der Waals surface area contributed by atoms with Crippen molar-refractivity contribution in [2.24, 2.45) is 5.92 Å². The summed E-state index contributed by atoms with van der Waals surface area (Å²) in [6.07, 6.45) is 5.91. The summed E-state index contributed by atoms with van der Waals surface area (Å²) < 4.78 is 6.00. The van der Waals surface area contributed by atoms with Crippen LogP contribution in [0.25, 0.3) is 0 Å². The Hall–Kier alpha value is -2.24. The molecule has 152 valence electrons. The summed E-state index contributed by atoms with van der Waals surface area (Å²) in [6, 6.07) is 7.81. The molecule has 6 heteroatoms. The van der Waals surface area contributed by atoms with Gasteiger partial charge in [0.15, 0.2) is 0 Å². The van der Waals surface area contributed by atoms with E-state index in [0.717, 1.165) is 56.6 Å². The molecule has 0 unspecified atom stereocenters. The van der Waals surface area contributed by atoms with E-state index in [1.165, 1.54) is 6.42 Å². The highest BCUT2D eigenvalue weighted by molar-refractivity contribution is 5.94. The Morgan fingerprint density at radius 3 is 2.43 bits per heavy atom. The molecule has 6 nitrogen and oxygen atoms in total. The molecule has 0 saturated carbocycles. The van der Waals surface area contributed by atoms with Crippen LogP contribution in [0.3, 0.4) is 0 Å². The summed E-state index contributed by atoms with van der Waals surface area (Å²) in [5, 5.41) is 0. The number of nitrogens with zero attached hydrogens (tertiary/aromatic N) is 3. The third-order valence-corrected chi connectivity index (χ3v) is 6.30. The molecular formula is C22H31N3O3. The molecule has 1 aromatic carbocycles. The van der Waals surface area contributed by atoms with Gasteiger partial charge in [0, 0.05) is 32.1 Å². The van der Waals surface area contributed by atoms with E-state index in [1.54, 1.807) is 0 Å². The van der Waals surface area contributed by atoms with Crippen LogP contribution >= 0.6 is 0 Å². The van der Waals surface area contributed by atoms with Gasteiger partial charge in [0.1, 0.15) is 11.9 Å². The molecule has 0 spiro atoms. The van der Waals surface area contributed by atoms with E-state index >= 15 is 0 Å². The number of carbonyl (C=O) groups is 2. The van der Waals surface area contributed by atoms with Gasteiger partial charge in [-0.25, -0.2) is 4.79 Å².